The number of aryl methyl sites for hydroxylation is 15. The standard InChI is InChI=1S/5C11H16.8CH4/c5*1-4-5-11-7-9(2)6-10(3)8-11;;;;;;;;/h5*6-8H,4-5H2,1-3H3;8*1H4. The van der Waals surface area contributed by atoms with Crippen molar-refractivity contribution in [3.8, 4) is 0 Å². The molecule has 0 aromatic heterocycles. The van der Waals surface area contributed by atoms with Gasteiger partial charge in [-0.15, -0.1) is 0 Å². The first-order valence-corrected chi connectivity index (χ1v) is 21.5. The lowest BCUT2D eigenvalue weighted by molar-refractivity contribution is 0.918. The lowest BCUT2D eigenvalue weighted by Crippen LogP contribution is -1.86. The molecule has 0 unspecified atom stereocenters. The molecule has 0 aliphatic heterocycles. The van der Waals surface area contributed by atoms with E-state index < -0.39 is 0 Å². The summed E-state index contributed by atoms with van der Waals surface area (Å²) in [4.78, 5) is 0. The summed E-state index contributed by atoms with van der Waals surface area (Å²) >= 11 is 0. The molecule has 0 atom stereocenters. The Bertz CT molecular complexity index is 1390. The molecular weight excluding hydrogens is 757 g/mol. The highest BCUT2D eigenvalue weighted by atomic mass is 14.0. The SMILES string of the molecule is C.C.C.C.C.C.C.C.CCCc1cc(C)cc(C)c1.CCCc1cc(C)cc(C)c1.CCCc1cc(C)cc(C)c1.CCCc1cc(C)cc(C)c1.CCCc1cc(C)cc(C)c1. The van der Waals surface area contributed by atoms with Crippen LogP contribution in [-0.2, 0) is 32.1 Å². The minimum atomic E-state index is 0. The predicted octanol–water partition coefficient (Wildman–Crippen LogP) is 21.4. The van der Waals surface area contributed by atoms with Gasteiger partial charge in [-0.3, -0.25) is 0 Å². The van der Waals surface area contributed by atoms with Crippen LogP contribution >= 0.6 is 0 Å². The van der Waals surface area contributed by atoms with Gasteiger partial charge in [0.05, 0.1) is 0 Å². The van der Waals surface area contributed by atoms with Crippen molar-refractivity contribution in [3.63, 3.8) is 0 Å². The fourth-order valence-corrected chi connectivity index (χ4v) is 7.51. The van der Waals surface area contributed by atoms with Crippen LogP contribution in [0.1, 0.15) is 210 Å². The number of benzene rings is 5. The van der Waals surface area contributed by atoms with E-state index in [-0.39, 0.29) is 59.4 Å². The molecule has 0 amide bonds. The third-order valence-electron chi connectivity index (χ3n) is 9.10. The molecule has 0 heteroatoms. The summed E-state index contributed by atoms with van der Waals surface area (Å²) < 4.78 is 0. The summed E-state index contributed by atoms with van der Waals surface area (Å²) in [6.07, 6.45) is 12.2. The highest BCUT2D eigenvalue weighted by molar-refractivity contribution is 5.31. The average molecular weight is 870 g/mol. The van der Waals surface area contributed by atoms with Gasteiger partial charge >= 0.3 is 0 Å². The van der Waals surface area contributed by atoms with Crippen molar-refractivity contribution >= 4 is 0 Å². The van der Waals surface area contributed by atoms with E-state index in [0.29, 0.717) is 0 Å². The van der Waals surface area contributed by atoms with Crippen molar-refractivity contribution < 1.29 is 0 Å². The Morgan fingerprint density at radius 3 is 0.365 bits per heavy atom. The fourth-order valence-electron chi connectivity index (χ4n) is 7.51. The van der Waals surface area contributed by atoms with Crippen LogP contribution in [0.15, 0.2) is 91.0 Å². The number of rotatable bonds is 10. The first kappa shape index (κ1) is 76.4. The van der Waals surface area contributed by atoms with Gasteiger partial charge in [0.1, 0.15) is 0 Å². The van der Waals surface area contributed by atoms with Crippen LogP contribution in [0.5, 0.6) is 0 Å². The fraction of sp³-hybridized carbons (Fsp3) is 0.524. The van der Waals surface area contributed by atoms with Gasteiger partial charge in [0.25, 0.3) is 0 Å². The van der Waals surface area contributed by atoms with Crippen molar-refractivity contribution in [2.24, 2.45) is 0 Å². The number of hydrogen-bond acceptors (Lipinski definition) is 0. The molecule has 0 saturated carbocycles. The Kier molecular flexibility index (Phi) is 52.6. The second-order valence-electron chi connectivity index (χ2n) is 16.2. The minimum absolute atomic E-state index is 0. The van der Waals surface area contributed by atoms with Crippen molar-refractivity contribution in [2.75, 3.05) is 0 Å². The van der Waals surface area contributed by atoms with E-state index in [9.17, 15) is 0 Å². The molecule has 0 spiro atoms. The molecule has 0 fully saturated rings. The molecule has 5 aromatic carbocycles. The van der Waals surface area contributed by atoms with Gasteiger partial charge in [0.2, 0.25) is 0 Å². The van der Waals surface area contributed by atoms with Gasteiger partial charge < -0.3 is 0 Å². The van der Waals surface area contributed by atoms with E-state index in [0.717, 1.165) is 0 Å². The summed E-state index contributed by atoms with van der Waals surface area (Å²) in [5.74, 6) is 0. The highest BCUT2D eigenvalue weighted by Crippen LogP contribution is 2.14. The van der Waals surface area contributed by atoms with Crippen molar-refractivity contribution in [3.05, 3.63) is 174 Å². The third-order valence-corrected chi connectivity index (χ3v) is 9.10. The van der Waals surface area contributed by atoms with E-state index in [2.05, 4.69) is 195 Å². The molecule has 5 rings (SSSR count). The highest BCUT2D eigenvalue weighted by Gasteiger charge is 1.97. The maximum Gasteiger partial charge on any atom is -0.0281 e. The molecule has 0 aliphatic carbocycles. The molecule has 0 aliphatic rings. The van der Waals surface area contributed by atoms with Crippen LogP contribution in [-0.4, -0.2) is 0 Å². The summed E-state index contributed by atoms with van der Waals surface area (Å²) in [5.41, 5.74) is 21.2. The van der Waals surface area contributed by atoms with E-state index in [1.54, 1.807) is 0 Å². The Labute approximate surface area is 400 Å². The van der Waals surface area contributed by atoms with Crippen molar-refractivity contribution in [1.29, 1.82) is 0 Å². The van der Waals surface area contributed by atoms with E-state index in [4.69, 9.17) is 0 Å². The minimum Gasteiger partial charge on any atom is -0.0776 e. The summed E-state index contributed by atoms with van der Waals surface area (Å²) in [6, 6.07) is 33.9. The maximum absolute atomic E-state index is 2.27. The molecule has 0 nitrogen and oxygen atoms in total. The van der Waals surface area contributed by atoms with Gasteiger partial charge in [-0.1, -0.05) is 273 Å². The zero-order valence-electron chi connectivity index (χ0n) is 38.2. The lowest BCUT2D eigenvalue weighted by Gasteiger charge is -2.02. The van der Waals surface area contributed by atoms with Gasteiger partial charge in [-0.25, -0.2) is 0 Å². The topological polar surface area (TPSA) is 0 Å². The summed E-state index contributed by atoms with van der Waals surface area (Å²) in [5, 5.41) is 0. The second kappa shape index (κ2) is 43.4. The van der Waals surface area contributed by atoms with E-state index in [1.165, 1.54) is 148 Å². The van der Waals surface area contributed by atoms with Gasteiger partial charge in [0.15, 0.2) is 0 Å². The van der Waals surface area contributed by atoms with Gasteiger partial charge in [0, 0.05) is 0 Å². The molecule has 0 N–H and O–H groups in total. The maximum atomic E-state index is 2.27. The third kappa shape index (κ3) is 36.2. The largest absolute Gasteiger partial charge is 0.0776 e. The summed E-state index contributed by atoms with van der Waals surface area (Å²) in [7, 11) is 0. The molecule has 364 valence electrons. The zero-order chi connectivity index (χ0) is 41.3. The van der Waals surface area contributed by atoms with Crippen LogP contribution < -0.4 is 0 Å². The van der Waals surface area contributed by atoms with E-state index in [1.807, 2.05) is 0 Å². The number of hydrogen-bond donors (Lipinski definition) is 0. The zero-order valence-corrected chi connectivity index (χ0v) is 38.2. The lowest BCUT2D eigenvalue weighted by atomic mass is 10.0. The van der Waals surface area contributed by atoms with Gasteiger partial charge in [-0.2, -0.15) is 0 Å². The van der Waals surface area contributed by atoms with E-state index >= 15 is 0 Å². The van der Waals surface area contributed by atoms with Crippen LogP contribution in [0.25, 0.3) is 0 Å². The summed E-state index contributed by atoms with van der Waals surface area (Å²) in [6.45, 7) is 32.7. The molecule has 5 aromatic rings. The first-order chi connectivity index (χ1) is 26.1. The molecule has 0 saturated heterocycles. The van der Waals surface area contributed by atoms with Crippen LogP contribution in [0, 0.1) is 69.2 Å². The van der Waals surface area contributed by atoms with Crippen molar-refractivity contribution in [2.45, 2.75) is 227 Å². The van der Waals surface area contributed by atoms with Crippen LogP contribution in [0.3, 0.4) is 0 Å². The molecule has 0 bridgehead atoms. The van der Waals surface area contributed by atoms with Crippen molar-refractivity contribution in [1.82, 2.24) is 0 Å². The monoisotopic (exact) mass is 869 g/mol. The Hall–Kier alpha value is -3.90. The average Bonchev–Trinajstić information content (AvgIpc) is 3.05. The molecule has 0 radical (unpaired) electrons. The van der Waals surface area contributed by atoms with Crippen LogP contribution in [0.4, 0.5) is 0 Å². The molecular formula is C63H112. The molecule has 0 heterocycles. The van der Waals surface area contributed by atoms with Gasteiger partial charge in [-0.05, 0) is 129 Å². The normalized spacial score (nSPS) is 8.81. The predicted molar refractivity (Wildman–Crippen MR) is 303 cm³/mol. The Morgan fingerprint density at radius 2 is 0.286 bits per heavy atom. The van der Waals surface area contributed by atoms with Crippen LogP contribution in [0.2, 0.25) is 0 Å². The quantitative estimate of drug-likeness (QED) is 0.131. The smallest absolute Gasteiger partial charge is 0.0281 e. The Balaban J connectivity index is -0.0000000970. The first-order valence-electron chi connectivity index (χ1n) is 21.5. The second-order valence-corrected chi connectivity index (χ2v) is 16.2. The Morgan fingerprint density at radius 1 is 0.190 bits per heavy atom. The molecule has 63 heavy (non-hydrogen) atoms.